The first-order valence-electron chi connectivity index (χ1n) is 18.0. The molecule has 296 valence electrons. The lowest BCUT2D eigenvalue weighted by Crippen LogP contribution is -2.32. The Morgan fingerprint density at radius 3 is 2.24 bits per heavy atom. The van der Waals surface area contributed by atoms with Crippen LogP contribution in [0, 0.1) is 24.2 Å². The lowest BCUT2D eigenvalue weighted by atomic mass is 9.92. The fourth-order valence-corrected chi connectivity index (χ4v) is 5.79. The lowest BCUT2D eigenvalue weighted by molar-refractivity contribution is -0.132. The summed E-state index contributed by atoms with van der Waals surface area (Å²) in [6.45, 7) is 13.2. The van der Waals surface area contributed by atoms with Crippen molar-refractivity contribution in [1.82, 2.24) is 20.5 Å². The van der Waals surface area contributed by atoms with Gasteiger partial charge >= 0.3 is 0 Å². The number of carbonyl (C=O) groups excluding carboxylic acids is 4. The summed E-state index contributed by atoms with van der Waals surface area (Å²) in [6, 6.07) is 16.2. The summed E-state index contributed by atoms with van der Waals surface area (Å²) in [4.78, 5) is 48.6. The first kappa shape index (κ1) is 47.6. The van der Waals surface area contributed by atoms with Crippen LogP contribution in [0.4, 0.5) is 0 Å². The molecule has 12 nitrogen and oxygen atoms in total. The smallest absolute Gasteiger partial charge is 0.223 e. The number of nitrogens with zero attached hydrogens (tertiary/aromatic N) is 2. The average Bonchev–Trinajstić information content (AvgIpc) is 3.79. The number of aromatic nitrogens is 1. The Kier molecular flexibility index (Phi) is 23.2. The zero-order valence-electron chi connectivity index (χ0n) is 32.8. The van der Waals surface area contributed by atoms with E-state index < -0.39 is 0 Å². The van der Waals surface area contributed by atoms with Gasteiger partial charge in [-0.2, -0.15) is 0 Å². The van der Waals surface area contributed by atoms with Crippen molar-refractivity contribution in [3.05, 3.63) is 76.4 Å². The molecule has 1 aliphatic heterocycles. The van der Waals surface area contributed by atoms with Crippen LogP contribution in [0.15, 0.2) is 54.0 Å². The van der Waals surface area contributed by atoms with Crippen molar-refractivity contribution in [2.24, 2.45) is 16.9 Å². The zero-order chi connectivity index (χ0) is 40.5. The molecule has 0 saturated carbocycles. The van der Waals surface area contributed by atoms with Gasteiger partial charge in [-0.25, -0.2) is 4.98 Å². The Morgan fingerprint density at radius 1 is 1.07 bits per heavy atom. The monoisotopic (exact) mass is 764 g/mol. The number of aliphatic hydroxyl groups is 1. The molecule has 1 saturated heterocycles. The van der Waals surface area contributed by atoms with E-state index in [0.29, 0.717) is 45.4 Å². The lowest BCUT2D eigenvalue weighted by Gasteiger charge is -2.22. The number of β-amino-alcohol motifs (C(OH)–C–C–N with tert-alkyl or cyclic N) is 1. The number of carbonyl (C=O) groups is 4. The molecule has 2 heterocycles. The largest absolute Gasteiger partial charge is 0.391 e. The molecule has 13 heteroatoms. The quantitative estimate of drug-likeness (QED) is 0.158. The number of likely N-dealkylation sites (tertiary alicyclic amines) is 1. The highest BCUT2D eigenvalue weighted by atomic mass is 32.1. The van der Waals surface area contributed by atoms with E-state index in [-0.39, 0.29) is 41.7 Å². The van der Waals surface area contributed by atoms with E-state index in [1.54, 1.807) is 23.3 Å². The molecule has 2 aromatic carbocycles. The molecule has 1 aromatic heterocycles. The predicted molar refractivity (Wildman–Crippen MR) is 216 cm³/mol. The average molecular weight is 765 g/mol. The molecule has 1 fully saturated rings. The molecule has 0 radical (unpaired) electrons. The molecule has 0 bridgehead atoms. The number of rotatable bonds is 13. The van der Waals surface area contributed by atoms with Crippen LogP contribution in [0.5, 0.6) is 0 Å². The minimum atomic E-state index is -0.350. The van der Waals surface area contributed by atoms with Crippen molar-refractivity contribution in [3.8, 4) is 22.3 Å². The zero-order valence-corrected chi connectivity index (χ0v) is 33.6. The number of ether oxygens (including phenoxy) is 1. The molecule has 1 aliphatic rings. The van der Waals surface area contributed by atoms with Gasteiger partial charge in [0.25, 0.3) is 0 Å². The molecule has 3 amide bonds. The molecule has 2 atom stereocenters. The number of nitrogens with one attached hydrogen (secondary N) is 2. The standard InChI is InChI=1S/C18H25N3O3.C12H14N2S.C10H19NO2.CH2O/c1-21-18(23)5-3-2-4-14-6-8-15(9-7-14)12-24-13-16(19)10-11-17(20)22;1-9-12(15-8-14-9)11-5-3-10(4-6-11)7-13-2;1-10(2,3)6-9(13)11-5-4-8(12)7-11;1-2/h6-9,16H,3,5,10-13,19H2,1H3,(H2,20,22)(H,21,23);3-6,8,13H,7H2,1-2H3;8,12H,4-7H2,1-3H3;1H2. The number of benzene rings is 2. The topological polar surface area (TPSA) is 190 Å². The van der Waals surface area contributed by atoms with Gasteiger partial charge in [0.2, 0.25) is 17.7 Å². The Morgan fingerprint density at radius 2 is 1.72 bits per heavy atom. The van der Waals surface area contributed by atoms with E-state index in [1.807, 2.05) is 50.5 Å². The maximum Gasteiger partial charge on any atom is 0.223 e. The van der Waals surface area contributed by atoms with Gasteiger partial charge in [-0.15, -0.1) is 11.3 Å². The van der Waals surface area contributed by atoms with E-state index in [4.69, 9.17) is 21.0 Å². The van der Waals surface area contributed by atoms with Crippen molar-refractivity contribution in [1.29, 1.82) is 0 Å². The molecular formula is C41H60N6O6S. The van der Waals surface area contributed by atoms with Crippen LogP contribution in [0.1, 0.15) is 81.7 Å². The first-order chi connectivity index (χ1) is 25.7. The van der Waals surface area contributed by atoms with Crippen LogP contribution >= 0.6 is 11.3 Å². The minimum absolute atomic E-state index is 0.00849. The van der Waals surface area contributed by atoms with E-state index in [0.717, 1.165) is 36.3 Å². The van der Waals surface area contributed by atoms with Crippen LogP contribution in [0.2, 0.25) is 0 Å². The highest BCUT2D eigenvalue weighted by molar-refractivity contribution is 7.13. The van der Waals surface area contributed by atoms with Gasteiger partial charge in [0.05, 0.1) is 35.4 Å². The third kappa shape index (κ3) is 20.7. The first-order valence-corrected chi connectivity index (χ1v) is 18.9. The summed E-state index contributed by atoms with van der Waals surface area (Å²) in [7, 11) is 3.57. The van der Waals surface area contributed by atoms with Crippen molar-refractivity contribution in [2.75, 3.05) is 33.8 Å². The predicted octanol–water partition coefficient (Wildman–Crippen LogP) is 4.34. The molecule has 0 spiro atoms. The van der Waals surface area contributed by atoms with E-state index in [2.05, 4.69) is 72.5 Å². The SMILES string of the molecule is C=O.CC(C)(C)CC(=O)N1CCC(O)C1.CNC(=O)CCC#Cc1ccc(COCC(N)CCC(N)=O)cc1.CNCc1ccc(-c2scnc2C)cc1. The summed E-state index contributed by atoms with van der Waals surface area (Å²) >= 11 is 1.70. The highest BCUT2D eigenvalue weighted by Crippen LogP contribution is 2.27. The summed E-state index contributed by atoms with van der Waals surface area (Å²) in [6.07, 6.45) is 2.75. The number of nitrogens with two attached hydrogens (primary N) is 2. The van der Waals surface area contributed by atoms with Gasteiger partial charge in [0.1, 0.15) is 6.79 Å². The number of hydrogen-bond donors (Lipinski definition) is 5. The van der Waals surface area contributed by atoms with Crippen molar-refractivity contribution >= 4 is 35.8 Å². The Labute approximate surface area is 325 Å². The van der Waals surface area contributed by atoms with Crippen molar-refractivity contribution in [3.63, 3.8) is 0 Å². The third-order valence-corrected chi connectivity index (χ3v) is 8.82. The molecule has 54 heavy (non-hydrogen) atoms. The minimum Gasteiger partial charge on any atom is -0.391 e. The molecule has 3 aromatic rings. The van der Waals surface area contributed by atoms with E-state index in [1.165, 1.54) is 16.0 Å². The Hall–Kier alpha value is -4.45. The van der Waals surface area contributed by atoms with Gasteiger partial charge in [-0.05, 0) is 61.1 Å². The van der Waals surface area contributed by atoms with Crippen LogP contribution < -0.4 is 22.1 Å². The van der Waals surface area contributed by atoms with Crippen molar-refractivity contribution < 1.29 is 29.0 Å². The van der Waals surface area contributed by atoms with Gasteiger partial charge in [-0.3, -0.25) is 14.4 Å². The number of primary amides is 1. The fraction of sp³-hybridized carbons (Fsp3) is 0.488. The maximum atomic E-state index is 11.6. The Balaban J connectivity index is 0.000000418. The second kappa shape index (κ2) is 26.3. The molecule has 4 rings (SSSR count). The maximum absolute atomic E-state index is 11.6. The van der Waals surface area contributed by atoms with Crippen LogP contribution in [0.3, 0.4) is 0 Å². The van der Waals surface area contributed by atoms with Crippen LogP contribution in [-0.4, -0.2) is 85.4 Å². The molecule has 2 unspecified atom stereocenters. The van der Waals surface area contributed by atoms with E-state index in [9.17, 15) is 19.5 Å². The summed E-state index contributed by atoms with van der Waals surface area (Å²) in [5.74, 6) is 5.80. The Bertz CT molecular complexity index is 1590. The van der Waals surface area contributed by atoms with Gasteiger partial charge < -0.3 is 41.6 Å². The summed E-state index contributed by atoms with van der Waals surface area (Å²) < 4.78 is 5.53. The van der Waals surface area contributed by atoms with E-state index >= 15 is 0 Å². The number of thiazole rings is 1. The molecule has 7 N–H and O–H groups in total. The van der Waals surface area contributed by atoms with Gasteiger partial charge in [-0.1, -0.05) is 69.0 Å². The molecule has 0 aliphatic carbocycles. The number of hydrogen-bond acceptors (Lipinski definition) is 10. The third-order valence-electron chi connectivity index (χ3n) is 7.84. The summed E-state index contributed by atoms with van der Waals surface area (Å²) in [5.41, 5.74) is 18.4. The second-order valence-corrected chi connectivity index (χ2v) is 14.8. The second-order valence-electron chi connectivity index (χ2n) is 14.0. The fourth-order valence-electron chi connectivity index (χ4n) is 4.98. The normalized spacial score (nSPS) is 13.7. The summed E-state index contributed by atoms with van der Waals surface area (Å²) in [5, 5.41) is 15.0. The molecular weight excluding hydrogens is 705 g/mol. The highest BCUT2D eigenvalue weighted by Gasteiger charge is 2.27. The number of aliphatic hydroxyl groups excluding tert-OH is 1. The van der Waals surface area contributed by atoms with Gasteiger partial charge in [0.15, 0.2) is 0 Å². The van der Waals surface area contributed by atoms with Crippen LogP contribution in [0.25, 0.3) is 10.4 Å². The number of amides is 3. The number of aryl methyl sites for hydroxylation is 1. The van der Waals surface area contributed by atoms with Crippen LogP contribution in [-0.2, 0) is 37.1 Å². The van der Waals surface area contributed by atoms with Crippen molar-refractivity contribution in [2.45, 2.75) is 91.5 Å². The van der Waals surface area contributed by atoms with Gasteiger partial charge in [0, 0.05) is 64.0 Å².